The van der Waals surface area contributed by atoms with Crippen LogP contribution >= 0.6 is 11.6 Å². The normalized spacial score (nSPS) is 10.2. The molecule has 0 atom stereocenters. The number of nitrogens with one attached hydrogen (secondary N) is 2. The first kappa shape index (κ1) is 19.5. The molecule has 0 bridgehead atoms. The lowest BCUT2D eigenvalue weighted by Crippen LogP contribution is -2.14. The van der Waals surface area contributed by atoms with Gasteiger partial charge in [0.25, 0.3) is 5.69 Å². The molecule has 0 spiro atoms. The summed E-state index contributed by atoms with van der Waals surface area (Å²) in [4.78, 5) is 25.6. The molecule has 26 heavy (non-hydrogen) atoms. The maximum atomic E-state index is 11.6. The minimum absolute atomic E-state index is 0.0382. The number of amides is 1. The summed E-state index contributed by atoms with van der Waals surface area (Å²) in [6.45, 7) is 1.00. The summed E-state index contributed by atoms with van der Waals surface area (Å²) in [5, 5.41) is 16.8. The van der Waals surface area contributed by atoms with E-state index >= 15 is 0 Å². The van der Waals surface area contributed by atoms with E-state index in [0.29, 0.717) is 29.7 Å². The van der Waals surface area contributed by atoms with E-state index in [0.717, 1.165) is 19.3 Å². The Balaban J connectivity index is 1.53. The highest BCUT2D eigenvalue weighted by Crippen LogP contribution is 2.15. The first-order valence-corrected chi connectivity index (χ1v) is 8.46. The fraction of sp³-hybridized carbons (Fsp3) is 0.294. The number of pyridine rings is 1. The van der Waals surface area contributed by atoms with Crippen LogP contribution in [-0.4, -0.2) is 29.2 Å². The van der Waals surface area contributed by atoms with Crippen LogP contribution in [0.3, 0.4) is 0 Å². The second-order valence-corrected chi connectivity index (χ2v) is 5.85. The van der Waals surface area contributed by atoms with E-state index < -0.39 is 11.0 Å². The second kappa shape index (κ2) is 10.2. The number of carbonyl (C=O) groups is 1. The summed E-state index contributed by atoms with van der Waals surface area (Å²) in [7, 11) is 0. The molecule has 2 N–H and O–H groups in total. The molecule has 0 aliphatic carbocycles. The highest BCUT2D eigenvalue weighted by Gasteiger charge is 2.05. The molecule has 0 saturated carbocycles. The van der Waals surface area contributed by atoms with Gasteiger partial charge in [0.05, 0.1) is 11.5 Å². The Hall–Kier alpha value is -2.87. The molecule has 138 valence electrons. The molecule has 1 aromatic carbocycles. The zero-order valence-corrected chi connectivity index (χ0v) is 14.7. The number of aromatic nitrogens is 1. The Morgan fingerprint density at radius 2 is 2.08 bits per heavy atom. The highest BCUT2D eigenvalue weighted by molar-refractivity contribution is 6.30. The third kappa shape index (κ3) is 6.94. The summed E-state index contributed by atoms with van der Waals surface area (Å²) in [6.07, 6.45) is 3.16. The number of anilines is 2. The van der Waals surface area contributed by atoms with Crippen molar-refractivity contribution >= 4 is 34.9 Å². The van der Waals surface area contributed by atoms with E-state index in [1.54, 1.807) is 30.3 Å². The van der Waals surface area contributed by atoms with Crippen LogP contribution in [0.5, 0.6) is 0 Å². The number of unbranched alkanes of at least 4 members (excludes halogenated alkanes) is 2. The third-order valence-electron chi connectivity index (χ3n) is 3.39. The molecular weight excluding hydrogens is 360 g/mol. The third-order valence-corrected chi connectivity index (χ3v) is 3.63. The van der Waals surface area contributed by atoms with E-state index in [4.69, 9.17) is 16.3 Å². The molecule has 1 aromatic heterocycles. The van der Waals surface area contributed by atoms with Crippen molar-refractivity contribution in [2.45, 2.75) is 19.3 Å². The number of hydrogen-bond acceptors (Lipinski definition) is 6. The lowest BCUT2D eigenvalue weighted by atomic mass is 10.2. The molecule has 0 aliphatic heterocycles. The van der Waals surface area contributed by atoms with Gasteiger partial charge in [-0.1, -0.05) is 17.7 Å². The second-order valence-electron chi connectivity index (χ2n) is 5.42. The molecule has 2 rings (SSSR count). The zero-order valence-electron chi connectivity index (χ0n) is 14.0. The molecule has 0 unspecified atom stereocenters. The van der Waals surface area contributed by atoms with E-state index in [1.165, 1.54) is 12.3 Å². The lowest BCUT2D eigenvalue weighted by molar-refractivity contribution is -0.385. The first-order chi connectivity index (χ1) is 12.5. The maximum absolute atomic E-state index is 11.6. The standard InChI is InChI=1S/C17H19ClN4O4/c18-13-5-4-6-14(11-13)21-17(23)26-10-3-1-2-9-19-16-8-7-15(12-20-16)22(24)25/h4-8,11-12H,1-3,9-10H2,(H,19,20)(H,21,23). The van der Waals surface area contributed by atoms with Gasteiger partial charge in [0.2, 0.25) is 0 Å². The van der Waals surface area contributed by atoms with Gasteiger partial charge in [-0.25, -0.2) is 9.78 Å². The molecule has 0 saturated heterocycles. The monoisotopic (exact) mass is 378 g/mol. The Morgan fingerprint density at radius 1 is 1.23 bits per heavy atom. The Labute approximate surface area is 155 Å². The summed E-state index contributed by atoms with van der Waals surface area (Å²) in [5.74, 6) is 0.591. The van der Waals surface area contributed by atoms with E-state index in [1.807, 2.05) is 0 Å². The average molecular weight is 379 g/mol. The molecule has 2 aromatic rings. The van der Waals surface area contributed by atoms with Crippen molar-refractivity contribution < 1.29 is 14.5 Å². The van der Waals surface area contributed by atoms with Crippen molar-refractivity contribution in [1.82, 2.24) is 4.98 Å². The largest absolute Gasteiger partial charge is 0.449 e. The summed E-state index contributed by atoms with van der Waals surface area (Å²) >= 11 is 5.84. The van der Waals surface area contributed by atoms with Crippen LogP contribution in [-0.2, 0) is 4.74 Å². The van der Waals surface area contributed by atoms with Gasteiger partial charge in [-0.2, -0.15) is 0 Å². The average Bonchev–Trinajstić information content (AvgIpc) is 2.61. The fourth-order valence-electron chi connectivity index (χ4n) is 2.10. The van der Waals surface area contributed by atoms with Crippen LogP contribution in [0.25, 0.3) is 0 Å². The molecule has 9 heteroatoms. The number of rotatable bonds is 9. The van der Waals surface area contributed by atoms with E-state index in [9.17, 15) is 14.9 Å². The summed E-state index contributed by atoms with van der Waals surface area (Å²) < 4.78 is 5.10. The van der Waals surface area contributed by atoms with Crippen molar-refractivity contribution in [2.75, 3.05) is 23.8 Å². The minimum atomic E-state index is -0.513. The molecule has 1 heterocycles. The van der Waals surface area contributed by atoms with Crippen molar-refractivity contribution in [1.29, 1.82) is 0 Å². The van der Waals surface area contributed by atoms with Crippen molar-refractivity contribution in [3.8, 4) is 0 Å². The van der Waals surface area contributed by atoms with Crippen LogP contribution in [0.4, 0.5) is 22.0 Å². The summed E-state index contributed by atoms with van der Waals surface area (Å²) in [6, 6.07) is 9.80. The van der Waals surface area contributed by atoms with Crippen LogP contribution in [0.1, 0.15) is 19.3 Å². The zero-order chi connectivity index (χ0) is 18.8. The van der Waals surface area contributed by atoms with Crippen LogP contribution < -0.4 is 10.6 Å². The predicted molar refractivity (Wildman–Crippen MR) is 99.7 cm³/mol. The number of hydrogen-bond donors (Lipinski definition) is 2. The number of nitrogens with zero attached hydrogens (tertiary/aromatic N) is 2. The minimum Gasteiger partial charge on any atom is -0.449 e. The molecule has 0 fully saturated rings. The Kier molecular flexibility index (Phi) is 7.63. The highest BCUT2D eigenvalue weighted by atomic mass is 35.5. The topological polar surface area (TPSA) is 106 Å². The maximum Gasteiger partial charge on any atom is 0.411 e. The van der Waals surface area contributed by atoms with Crippen molar-refractivity contribution in [3.63, 3.8) is 0 Å². The SMILES string of the molecule is O=C(Nc1cccc(Cl)c1)OCCCCCNc1ccc([N+](=O)[O-])cn1. The number of nitro groups is 1. The Bertz CT molecular complexity index is 740. The van der Waals surface area contributed by atoms with Gasteiger partial charge < -0.3 is 10.1 Å². The number of carbonyl (C=O) groups excluding carboxylic acids is 1. The van der Waals surface area contributed by atoms with Crippen molar-refractivity contribution in [2.24, 2.45) is 0 Å². The van der Waals surface area contributed by atoms with Gasteiger partial charge in [-0.15, -0.1) is 0 Å². The first-order valence-electron chi connectivity index (χ1n) is 8.08. The van der Waals surface area contributed by atoms with E-state index in [2.05, 4.69) is 15.6 Å². The Morgan fingerprint density at radius 3 is 2.77 bits per heavy atom. The van der Waals surface area contributed by atoms with Crippen LogP contribution in [0, 0.1) is 10.1 Å². The van der Waals surface area contributed by atoms with Crippen molar-refractivity contribution in [3.05, 3.63) is 57.7 Å². The molecule has 0 radical (unpaired) electrons. The lowest BCUT2D eigenvalue weighted by Gasteiger charge is -2.08. The van der Waals surface area contributed by atoms with E-state index in [-0.39, 0.29) is 5.69 Å². The predicted octanol–water partition coefficient (Wildman–Crippen LogP) is 4.47. The van der Waals surface area contributed by atoms with Crippen LogP contribution in [0.2, 0.25) is 5.02 Å². The smallest absolute Gasteiger partial charge is 0.411 e. The van der Waals surface area contributed by atoms with Gasteiger partial charge in [-0.3, -0.25) is 15.4 Å². The van der Waals surface area contributed by atoms with Gasteiger partial charge >= 0.3 is 6.09 Å². The number of benzene rings is 1. The van der Waals surface area contributed by atoms with Gasteiger partial charge in [0.15, 0.2) is 0 Å². The number of ether oxygens (including phenoxy) is 1. The van der Waals surface area contributed by atoms with Gasteiger partial charge in [-0.05, 0) is 43.5 Å². The van der Waals surface area contributed by atoms with Gasteiger partial charge in [0, 0.05) is 23.3 Å². The van der Waals surface area contributed by atoms with Crippen LogP contribution in [0.15, 0.2) is 42.6 Å². The molecule has 8 nitrogen and oxygen atoms in total. The molecule has 1 amide bonds. The number of halogens is 1. The van der Waals surface area contributed by atoms with Gasteiger partial charge in [0.1, 0.15) is 12.0 Å². The molecule has 0 aliphatic rings. The quantitative estimate of drug-likeness (QED) is 0.378. The molecular formula is C17H19ClN4O4. The fourth-order valence-corrected chi connectivity index (χ4v) is 2.29. The summed E-state index contributed by atoms with van der Waals surface area (Å²) in [5.41, 5.74) is 0.547.